The van der Waals surface area contributed by atoms with Crippen LogP contribution in [0.3, 0.4) is 0 Å². The van der Waals surface area contributed by atoms with Crippen molar-refractivity contribution in [2.75, 3.05) is 5.32 Å². The summed E-state index contributed by atoms with van der Waals surface area (Å²) in [5.41, 5.74) is 1.81. The highest BCUT2D eigenvalue weighted by Crippen LogP contribution is 2.18. The Morgan fingerprint density at radius 3 is 2.71 bits per heavy atom. The van der Waals surface area contributed by atoms with E-state index in [1.165, 1.54) is 10.8 Å². The summed E-state index contributed by atoms with van der Waals surface area (Å²) < 4.78 is 3.04. The molecule has 0 spiro atoms. The Bertz CT molecular complexity index is 1210. The molecule has 0 saturated heterocycles. The molecule has 7 nitrogen and oxygen atoms in total. The third kappa shape index (κ3) is 3.65. The van der Waals surface area contributed by atoms with Gasteiger partial charge in [-0.05, 0) is 23.8 Å². The van der Waals surface area contributed by atoms with E-state index < -0.39 is 0 Å². The van der Waals surface area contributed by atoms with E-state index in [2.05, 4.69) is 15.4 Å². The van der Waals surface area contributed by atoms with Crippen molar-refractivity contribution in [3.05, 3.63) is 87.9 Å². The predicted molar refractivity (Wildman–Crippen MR) is 107 cm³/mol. The van der Waals surface area contributed by atoms with Crippen molar-refractivity contribution in [3.8, 4) is 0 Å². The first-order valence-corrected chi connectivity index (χ1v) is 8.99. The van der Waals surface area contributed by atoms with Crippen LogP contribution in [0.5, 0.6) is 0 Å². The van der Waals surface area contributed by atoms with Crippen LogP contribution >= 0.6 is 11.6 Å². The molecule has 1 N–H and O–H groups in total. The maximum absolute atomic E-state index is 12.6. The number of anilines is 1. The molecular weight excluding hydrogens is 378 g/mol. The summed E-state index contributed by atoms with van der Waals surface area (Å²) in [5.74, 6) is 0.190. The minimum Gasteiger partial charge on any atom is -0.309 e. The van der Waals surface area contributed by atoms with Gasteiger partial charge in [-0.25, -0.2) is 9.67 Å². The molecular formula is C20H16ClN5O2. The minimum atomic E-state index is -0.335. The molecule has 0 aliphatic heterocycles. The number of nitrogens with one attached hydrogen (secondary N) is 1. The van der Waals surface area contributed by atoms with Crippen molar-refractivity contribution in [1.29, 1.82) is 0 Å². The van der Waals surface area contributed by atoms with Gasteiger partial charge in [-0.3, -0.25) is 14.2 Å². The Labute approximate surface area is 165 Å². The molecule has 2 aromatic heterocycles. The monoisotopic (exact) mass is 393 g/mol. The molecule has 0 atom stereocenters. The number of fused-ring (bicyclic) bond motifs is 1. The number of carbonyl (C=O) groups excluding carboxylic acids is 1. The quantitative estimate of drug-likeness (QED) is 0.565. The summed E-state index contributed by atoms with van der Waals surface area (Å²) in [4.78, 5) is 28.9. The van der Waals surface area contributed by atoms with Crippen LogP contribution in [0.15, 0.2) is 71.8 Å². The Hall–Kier alpha value is -3.45. The summed E-state index contributed by atoms with van der Waals surface area (Å²) >= 11 is 6.21. The highest BCUT2D eigenvalue weighted by Gasteiger charge is 2.12. The van der Waals surface area contributed by atoms with E-state index in [4.69, 9.17) is 11.6 Å². The van der Waals surface area contributed by atoms with Crippen molar-refractivity contribution in [3.63, 3.8) is 0 Å². The van der Waals surface area contributed by atoms with Gasteiger partial charge in [0.05, 0.1) is 30.0 Å². The molecule has 2 aromatic carbocycles. The lowest BCUT2D eigenvalue weighted by atomic mass is 10.2. The molecule has 0 unspecified atom stereocenters. The van der Waals surface area contributed by atoms with Gasteiger partial charge in [0.1, 0.15) is 12.4 Å². The van der Waals surface area contributed by atoms with E-state index in [1.54, 1.807) is 41.2 Å². The summed E-state index contributed by atoms with van der Waals surface area (Å²) in [7, 11) is 0. The zero-order valence-corrected chi connectivity index (χ0v) is 15.5. The fourth-order valence-electron chi connectivity index (χ4n) is 2.96. The zero-order valence-electron chi connectivity index (χ0n) is 14.7. The van der Waals surface area contributed by atoms with E-state index in [-0.39, 0.29) is 18.0 Å². The standard InChI is InChI=1S/C20H16ClN5O2/c21-15-6-2-1-5-14(15)12-26-18(9-10-23-26)24-19(27)13-25-17-8-4-3-7-16(17)22-11-20(25)28/h1-11H,12-13H2,(H,24,27). The summed E-state index contributed by atoms with van der Waals surface area (Å²) in [6, 6.07) is 16.3. The molecule has 0 saturated carbocycles. The lowest BCUT2D eigenvalue weighted by molar-refractivity contribution is -0.116. The van der Waals surface area contributed by atoms with E-state index in [9.17, 15) is 9.59 Å². The van der Waals surface area contributed by atoms with Crippen LogP contribution in [0.4, 0.5) is 5.82 Å². The Morgan fingerprint density at radius 2 is 1.86 bits per heavy atom. The van der Waals surface area contributed by atoms with E-state index in [0.717, 1.165) is 5.56 Å². The molecule has 2 heterocycles. The first kappa shape index (κ1) is 17.9. The first-order valence-electron chi connectivity index (χ1n) is 8.61. The Balaban J connectivity index is 1.55. The largest absolute Gasteiger partial charge is 0.309 e. The topological polar surface area (TPSA) is 81.8 Å². The molecule has 0 radical (unpaired) electrons. The molecule has 28 heavy (non-hydrogen) atoms. The molecule has 1 amide bonds. The van der Waals surface area contributed by atoms with Crippen LogP contribution in [-0.4, -0.2) is 25.2 Å². The summed E-state index contributed by atoms with van der Waals surface area (Å²) in [5, 5.41) is 7.68. The second-order valence-electron chi connectivity index (χ2n) is 6.18. The summed E-state index contributed by atoms with van der Waals surface area (Å²) in [6.07, 6.45) is 2.82. The van der Waals surface area contributed by atoms with Crippen molar-refractivity contribution in [2.24, 2.45) is 0 Å². The number of aromatic nitrogens is 4. The maximum atomic E-state index is 12.6. The summed E-state index contributed by atoms with van der Waals surface area (Å²) in [6.45, 7) is 0.291. The number of para-hydroxylation sites is 2. The van der Waals surface area contributed by atoms with E-state index in [0.29, 0.717) is 28.4 Å². The number of hydrogen-bond acceptors (Lipinski definition) is 4. The average molecular weight is 394 g/mol. The molecule has 4 aromatic rings. The van der Waals surface area contributed by atoms with E-state index in [1.807, 2.05) is 24.3 Å². The third-order valence-electron chi connectivity index (χ3n) is 4.32. The van der Waals surface area contributed by atoms with Crippen molar-refractivity contribution < 1.29 is 4.79 Å². The molecule has 0 bridgehead atoms. The lowest BCUT2D eigenvalue weighted by Crippen LogP contribution is -2.28. The SMILES string of the molecule is O=C(Cn1c(=O)cnc2ccccc21)Nc1ccnn1Cc1ccccc1Cl. The number of amides is 1. The van der Waals surface area contributed by atoms with Crippen molar-refractivity contribution in [2.45, 2.75) is 13.1 Å². The average Bonchev–Trinajstić information content (AvgIpc) is 3.12. The second kappa shape index (κ2) is 7.66. The number of nitrogens with zero attached hydrogens (tertiary/aromatic N) is 4. The number of benzene rings is 2. The zero-order chi connectivity index (χ0) is 19.5. The fraction of sp³-hybridized carbons (Fsp3) is 0.100. The van der Waals surface area contributed by atoms with Gasteiger partial charge in [-0.1, -0.05) is 41.9 Å². The molecule has 8 heteroatoms. The molecule has 140 valence electrons. The first-order chi connectivity index (χ1) is 13.6. The predicted octanol–water partition coefficient (Wildman–Crippen LogP) is 2.93. The minimum absolute atomic E-state index is 0.126. The Kier molecular flexibility index (Phi) is 4.90. The molecule has 4 rings (SSSR count). The van der Waals surface area contributed by atoms with Gasteiger partial charge in [0, 0.05) is 11.1 Å². The normalized spacial score (nSPS) is 10.9. The fourth-order valence-corrected chi connectivity index (χ4v) is 3.15. The van der Waals surface area contributed by atoms with Gasteiger partial charge in [-0.15, -0.1) is 0 Å². The van der Waals surface area contributed by atoms with Crippen LogP contribution < -0.4 is 10.9 Å². The lowest BCUT2D eigenvalue weighted by Gasteiger charge is -2.12. The number of rotatable bonds is 5. The van der Waals surface area contributed by atoms with Gasteiger partial charge in [0.25, 0.3) is 5.56 Å². The van der Waals surface area contributed by atoms with Crippen LogP contribution in [0.1, 0.15) is 5.56 Å². The second-order valence-corrected chi connectivity index (χ2v) is 6.59. The number of carbonyl (C=O) groups is 1. The molecule has 0 aliphatic carbocycles. The van der Waals surface area contributed by atoms with Crippen LogP contribution in [0, 0.1) is 0 Å². The molecule has 0 aliphatic rings. The molecule has 0 fully saturated rings. The Morgan fingerprint density at radius 1 is 1.07 bits per heavy atom. The number of halogens is 1. The van der Waals surface area contributed by atoms with Gasteiger partial charge in [0.15, 0.2) is 0 Å². The number of hydrogen-bond donors (Lipinski definition) is 1. The smallest absolute Gasteiger partial charge is 0.269 e. The van der Waals surface area contributed by atoms with Crippen LogP contribution in [-0.2, 0) is 17.9 Å². The van der Waals surface area contributed by atoms with Crippen LogP contribution in [0.25, 0.3) is 11.0 Å². The van der Waals surface area contributed by atoms with Gasteiger partial charge in [-0.2, -0.15) is 5.10 Å². The third-order valence-corrected chi connectivity index (χ3v) is 4.69. The van der Waals surface area contributed by atoms with Gasteiger partial charge >= 0.3 is 0 Å². The van der Waals surface area contributed by atoms with E-state index >= 15 is 0 Å². The van der Waals surface area contributed by atoms with Crippen LogP contribution in [0.2, 0.25) is 5.02 Å². The van der Waals surface area contributed by atoms with Gasteiger partial charge < -0.3 is 5.32 Å². The van der Waals surface area contributed by atoms with Gasteiger partial charge in [0.2, 0.25) is 5.91 Å². The highest BCUT2D eigenvalue weighted by molar-refractivity contribution is 6.31. The van der Waals surface area contributed by atoms with Crippen molar-refractivity contribution in [1.82, 2.24) is 19.3 Å². The maximum Gasteiger partial charge on any atom is 0.269 e. The van der Waals surface area contributed by atoms with Crippen molar-refractivity contribution >= 4 is 34.4 Å². The highest BCUT2D eigenvalue weighted by atomic mass is 35.5.